The molecule has 1 aromatic rings. The van der Waals surface area contributed by atoms with Crippen LogP contribution in [0.4, 0.5) is 0 Å². The topological polar surface area (TPSA) is 53.9 Å². The number of nitrogens with one attached hydrogen (secondary N) is 1. The van der Waals surface area contributed by atoms with Crippen molar-refractivity contribution in [1.29, 1.82) is 0 Å². The summed E-state index contributed by atoms with van der Waals surface area (Å²) in [6.07, 6.45) is 5.69. The standard InChI is InChI=1S/C19H33N3O2S.HI/c1-4-20-19(22(3)15-13-17-11-10-16-25-17)21-14-9-7-6-8-12-18(23)24-5-2;/h10-11,16H,4-9,12-15H2,1-3H3,(H,20,21);1H. The van der Waals surface area contributed by atoms with Crippen molar-refractivity contribution in [1.82, 2.24) is 10.2 Å². The number of esters is 1. The zero-order chi connectivity index (χ0) is 18.3. The quantitative estimate of drug-likeness (QED) is 0.154. The van der Waals surface area contributed by atoms with Gasteiger partial charge in [0.15, 0.2) is 5.96 Å². The van der Waals surface area contributed by atoms with Crippen LogP contribution in [-0.4, -0.2) is 50.1 Å². The van der Waals surface area contributed by atoms with Crippen LogP contribution in [0, 0.1) is 0 Å². The first-order chi connectivity index (χ1) is 12.2. The van der Waals surface area contributed by atoms with Gasteiger partial charge < -0.3 is 15.0 Å². The molecule has 1 rings (SSSR count). The minimum atomic E-state index is -0.0812. The maximum absolute atomic E-state index is 11.3. The monoisotopic (exact) mass is 495 g/mol. The van der Waals surface area contributed by atoms with Gasteiger partial charge >= 0.3 is 5.97 Å². The number of aliphatic imine (C=N–C) groups is 1. The van der Waals surface area contributed by atoms with Crippen molar-refractivity contribution in [2.24, 2.45) is 4.99 Å². The number of carbonyl (C=O) groups is 1. The van der Waals surface area contributed by atoms with Gasteiger partial charge in [0, 0.05) is 38.0 Å². The van der Waals surface area contributed by atoms with Crippen LogP contribution >= 0.6 is 35.3 Å². The first kappa shape index (κ1) is 25.2. The largest absolute Gasteiger partial charge is 0.466 e. The van der Waals surface area contributed by atoms with Crippen LogP contribution in [0.25, 0.3) is 0 Å². The van der Waals surface area contributed by atoms with Crippen molar-refractivity contribution in [3.63, 3.8) is 0 Å². The molecular formula is C19H34IN3O2S. The molecule has 5 nitrogen and oxygen atoms in total. The fourth-order valence-corrected chi connectivity index (χ4v) is 3.16. The summed E-state index contributed by atoms with van der Waals surface area (Å²) in [4.78, 5) is 19.6. The van der Waals surface area contributed by atoms with Crippen LogP contribution < -0.4 is 5.32 Å². The van der Waals surface area contributed by atoms with E-state index in [0.29, 0.717) is 13.0 Å². The Morgan fingerprint density at radius 2 is 2.04 bits per heavy atom. The van der Waals surface area contributed by atoms with Gasteiger partial charge in [0.1, 0.15) is 0 Å². The zero-order valence-corrected chi connectivity index (χ0v) is 19.5. The van der Waals surface area contributed by atoms with Crippen molar-refractivity contribution in [3.8, 4) is 0 Å². The molecule has 0 aliphatic rings. The summed E-state index contributed by atoms with van der Waals surface area (Å²) in [6, 6.07) is 4.28. The fourth-order valence-electron chi connectivity index (χ4n) is 2.46. The molecule has 7 heteroatoms. The van der Waals surface area contributed by atoms with Gasteiger partial charge in [0.2, 0.25) is 0 Å². The number of ether oxygens (including phenoxy) is 1. The number of likely N-dealkylation sites (N-methyl/N-ethyl adjacent to an activating group) is 1. The molecule has 0 radical (unpaired) electrons. The average molecular weight is 495 g/mol. The molecule has 0 saturated carbocycles. The molecule has 150 valence electrons. The van der Waals surface area contributed by atoms with Crippen molar-refractivity contribution >= 4 is 47.2 Å². The third-order valence-electron chi connectivity index (χ3n) is 3.83. The van der Waals surface area contributed by atoms with Gasteiger partial charge in [-0.3, -0.25) is 9.79 Å². The highest BCUT2D eigenvalue weighted by molar-refractivity contribution is 14.0. The number of hydrogen-bond acceptors (Lipinski definition) is 4. The predicted molar refractivity (Wildman–Crippen MR) is 122 cm³/mol. The molecule has 1 heterocycles. The average Bonchev–Trinajstić information content (AvgIpc) is 3.11. The Hall–Kier alpha value is -0.830. The summed E-state index contributed by atoms with van der Waals surface area (Å²) in [5, 5.41) is 5.48. The van der Waals surface area contributed by atoms with E-state index in [1.54, 1.807) is 11.3 Å². The lowest BCUT2D eigenvalue weighted by atomic mass is 10.1. The van der Waals surface area contributed by atoms with E-state index in [1.165, 1.54) is 4.88 Å². The summed E-state index contributed by atoms with van der Waals surface area (Å²) >= 11 is 1.80. The second kappa shape index (κ2) is 16.4. The van der Waals surface area contributed by atoms with Crippen LogP contribution in [0.1, 0.15) is 50.8 Å². The van der Waals surface area contributed by atoms with Gasteiger partial charge in [0.05, 0.1) is 6.61 Å². The number of guanidine groups is 1. The summed E-state index contributed by atoms with van der Waals surface area (Å²) in [6.45, 7) is 7.08. The molecular weight excluding hydrogens is 461 g/mol. The SMILES string of the molecule is CCNC(=NCCCCCCC(=O)OCC)N(C)CCc1cccs1.I. The van der Waals surface area contributed by atoms with Crippen LogP contribution in [0.3, 0.4) is 0 Å². The molecule has 0 unspecified atom stereocenters. The van der Waals surface area contributed by atoms with E-state index in [1.807, 2.05) is 6.92 Å². The number of unbranched alkanes of at least 4 members (excludes halogenated alkanes) is 3. The van der Waals surface area contributed by atoms with Crippen LogP contribution in [0.5, 0.6) is 0 Å². The van der Waals surface area contributed by atoms with Crippen LogP contribution in [-0.2, 0) is 16.0 Å². The fraction of sp³-hybridized carbons (Fsp3) is 0.684. The van der Waals surface area contributed by atoms with Gasteiger partial charge in [-0.25, -0.2) is 0 Å². The Morgan fingerprint density at radius 3 is 2.69 bits per heavy atom. The van der Waals surface area contributed by atoms with Crippen molar-refractivity contribution < 1.29 is 9.53 Å². The minimum absolute atomic E-state index is 0. The number of halogens is 1. The zero-order valence-electron chi connectivity index (χ0n) is 16.3. The van der Waals surface area contributed by atoms with E-state index in [4.69, 9.17) is 9.73 Å². The molecule has 0 amide bonds. The van der Waals surface area contributed by atoms with E-state index < -0.39 is 0 Å². The van der Waals surface area contributed by atoms with Gasteiger partial charge in [-0.05, 0) is 44.6 Å². The Balaban J connectivity index is 0.00000625. The number of hydrogen-bond donors (Lipinski definition) is 1. The third-order valence-corrected chi connectivity index (χ3v) is 4.76. The van der Waals surface area contributed by atoms with Crippen molar-refractivity contribution in [3.05, 3.63) is 22.4 Å². The number of carbonyl (C=O) groups excluding carboxylic acids is 1. The van der Waals surface area contributed by atoms with E-state index >= 15 is 0 Å². The van der Waals surface area contributed by atoms with Crippen molar-refractivity contribution in [2.45, 2.75) is 52.4 Å². The normalized spacial score (nSPS) is 11.0. The smallest absolute Gasteiger partial charge is 0.305 e. The van der Waals surface area contributed by atoms with E-state index in [9.17, 15) is 4.79 Å². The molecule has 0 fully saturated rings. The van der Waals surface area contributed by atoms with Gasteiger partial charge in [-0.1, -0.05) is 18.9 Å². The molecule has 0 saturated heterocycles. The Morgan fingerprint density at radius 1 is 1.27 bits per heavy atom. The molecule has 0 bridgehead atoms. The molecule has 1 N–H and O–H groups in total. The highest BCUT2D eigenvalue weighted by Gasteiger charge is 2.06. The Labute approximate surface area is 179 Å². The lowest BCUT2D eigenvalue weighted by molar-refractivity contribution is -0.143. The third kappa shape index (κ3) is 11.7. The van der Waals surface area contributed by atoms with Gasteiger partial charge in [0.25, 0.3) is 0 Å². The highest BCUT2D eigenvalue weighted by Crippen LogP contribution is 2.09. The van der Waals surface area contributed by atoms with E-state index in [2.05, 4.69) is 41.7 Å². The molecule has 0 aliphatic carbocycles. The van der Waals surface area contributed by atoms with Crippen LogP contribution in [0.15, 0.2) is 22.5 Å². The molecule has 0 atom stereocenters. The summed E-state index contributed by atoms with van der Waals surface area (Å²) in [5.74, 6) is 0.896. The van der Waals surface area contributed by atoms with E-state index in [-0.39, 0.29) is 29.9 Å². The van der Waals surface area contributed by atoms with Gasteiger partial charge in [-0.15, -0.1) is 35.3 Å². The summed E-state index contributed by atoms with van der Waals surface area (Å²) in [7, 11) is 2.09. The molecule has 0 aliphatic heterocycles. The number of thiophene rings is 1. The maximum Gasteiger partial charge on any atom is 0.305 e. The molecule has 0 spiro atoms. The molecule has 1 aromatic heterocycles. The first-order valence-electron chi connectivity index (χ1n) is 9.34. The predicted octanol–water partition coefficient (Wildman–Crippen LogP) is 4.32. The van der Waals surface area contributed by atoms with Gasteiger partial charge in [-0.2, -0.15) is 0 Å². The highest BCUT2D eigenvalue weighted by atomic mass is 127. The lowest BCUT2D eigenvalue weighted by Gasteiger charge is -2.21. The van der Waals surface area contributed by atoms with E-state index in [0.717, 1.165) is 57.7 Å². The summed E-state index contributed by atoms with van der Waals surface area (Å²) in [5.41, 5.74) is 0. The number of nitrogens with zero attached hydrogens (tertiary/aromatic N) is 2. The number of rotatable bonds is 12. The summed E-state index contributed by atoms with van der Waals surface area (Å²) < 4.78 is 4.93. The lowest BCUT2D eigenvalue weighted by Crippen LogP contribution is -2.40. The first-order valence-corrected chi connectivity index (χ1v) is 10.2. The second-order valence-electron chi connectivity index (χ2n) is 5.96. The Kier molecular flexibility index (Phi) is 15.8. The Bertz CT molecular complexity index is 495. The minimum Gasteiger partial charge on any atom is -0.466 e. The molecule has 0 aromatic carbocycles. The second-order valence-corrected chi connectivity index (χ2v) is 6.99. The molecule has 26 heavy (non-hydrogen) atoms. The maximum atomic E-state index is 11.3. The van der Waals surface area contributed by atoms with Crippen molar-refractivity contribution in [2.75, 3.05) is 33.3 Å². The van der Waals surface area contributed by atoms with Crippen LogP contribution in [0.2, 0.25) is 0 Å².